The lowest BCUT2D eigenvalue weighted by atomic mass is 10.00. The molecular formula is C14H17NO2. The van der Waals surface area contributed by atoms with Gasteiger partial charge in [0.2, 0.25) is 0 Å². The summed E-state index contributed by atoms with van der Waals surface area (Å²) in [6.07, 6.45) is 2.20. The molecule has 1 aromatic carbocycles. The molecule has 0 aliphatic rings. The molecule has 0 fully saturated rings. The van der Waals surface area contributed by atoms with Crippen LogP contribution in [0.5, 0.6) is 0 Å². The van der Waals surface area contributed by atoms with Crippen LogP contribution in [0.4, 0.5) is 0 Å². The topological polar surface area (TPSA) is 42.1 Å². The summed E-state index contributed by atoms with van der Waals surface area (Å²) in [6.45, 7) is 4.32. The monoisotopic (exact) mass is 231 g/mol. The van der Waals surface area contributed by atoms with Crippen molar-refractivity contribution in [1.29, 1.82) is 0 Å². The third-order valence-corrected chi connectivity index (χ3v) is 3.02. The van der Waals surface area contributed by atoms with Gasteiger partial charge in [0.1, 0.15) is 0 Å². The molecule has 3 nitrogen and oxygen atoms in total. The largest absolute Gasteiger partial charge is 0.469 e. The molecule has 2 rings (SSSR count). The van der Waals surface area contributed by atoms with E-state index in [2.05, 4.69) is 37.0 Å². The molecule has 0 atom stereocenters. The summed E-state index contributed by atoms with van der Waals surface area (Å²) < 4.78 is 4.70. The van der Waals surface area contributed by atoms with Gasteiger partial charge >= 0.3 is 5.97 Å². The molecule has 0 spiro atoms. The summed E-state index contributed by atoms with van der Waals surface area (Å²) in [5.41, 5.74) is 3.34. The highest BCUT2D eigenvalue weighted by Gasteiger charge is 2.10. The number of hydrogen-bond acceptors (Lipinski definition) is 2. The number of hydrogen-bond donors (Lipinski definition) is 1. The lowest BCUT2D eigenvalue weighted by Crippen LogP contribution is -2.03. The molecule has 0 bridgehead atoms. The SMILES string of the molecule is COC(=O)Cc1c[nH]c2ccc(C(C)C)cc12. The van der Waals surface area contributed by atoms with Crippen molar-refractivity contribution in [2.45, 2.75) is 26.2 Å². The van der Waals surface area contributed by atoms with E-state index in [1.165, 1.54) is 12.7 Å². The van der Waals surface area contributed by atoms with Crippen molar-refractivity contribution in [2.75, 3.05) is 7.11 Å². The number of aromatic nitrogens is 1. The zero-order valence-electron chi connectivity index (χ0n) is 10.4. The molecule has 3 heteroatoms. The van der Waals surface area contributed by atoms with Gasteiger partial charge in [0.15, 0.2) is 0 Å². The van der Waals surface area contributed by atoms with Crippen LogP contribution in [0.25, 0.3) is 10.9 Å². The Morgan fingerprint density at radius 1 is 1.41 bits per heavy atom. The smallest absolute Gasteiger partial charge is 0.310 e. The first kappa shape index (κ1) is 11.7. The summed E-state index contributed by atoms with van der Waals surface area (Å²) in [7, 11) is 1.41. The highest BCUT2D eigenvalue weighted by molar-refractivity contribution is 5.87. The molecule has 0 aliphatic heterocycles. The molecule has 0 amide bonds. The second-order valence-corrected chi connectivity index (χ2v) is 4.53. The van der Waals surface area contributed by atoms with Crippen LogP contribution in [0, 0.1) is 0 Å². The summed E-state index contributed by atoms with van der Waals surface area (Å²) in [5.74, 6) is 0.279. The van der Waals surface area contributed by atoms with Crippen LogP contribution >= 0.6 is 0 Å². The molecule has 0 saturated heterocycles. The minimum absolute atomic E-state index is 0.208. The second kappa shape index (κ2) is 4.62. The molecule has 2 aromatic rings. The molecule has 90 valence electrons. The minimum Gasteiger partial charge on any atom is -0.469 e. The number of carbonyl (C=O) groups is 1. The number of esters is 1. The number of H-pyrrole nitrogens is 1. The van der Waals surface area contributed by atoms with Gasteiger partial charge in [-0.1, -0.05) is 19.9 Å². The summed E-state index contributed by atoms with van der Waals surface area (Å²) in [5, 5.41) is 1.11. The van der Waals surface area contributed by atoms with Gasteiger partial charge in [-0.15, -0.1) is 0 Å². The number of ether oxygens (including phenoxy) is 1. The van der Waals surface area contributed by atoms with Crippen molar-refractivity contribution in [3.05, 3.63) is 35.5 Å². The van der Waals surface area contributed by atoms with Crippen LogP contribution in [0.2, 0.25) is 0 Å². The van der Waals surface area contributed by atoms with E-state index < -0.39 is 0 Å². The molecule has 0 unspecified atom stereocenters. The Morgan fingerprint density at radius 3 is 2.82 bits per heavy atom. The van der Waals surface area contributed by atoms with E-state index in [9.17, 15) is 4.79 Å². The number of carbonyl (C=O) groups excluding carboxylic acids is 1. The third kappa shape index (κ3) is 2.33. The number of methoxy groups -OCH3 is 1. The zero-order valence-corrected chi connectivity index (χ0v) is 10.4. The fourth-order valence-electron chi connectivity index (χ4n) is 1.93. The van der Waals surface area contributed by atoms with E-state index in [0.717, 1.165) is 16.5 Å². The van der Waals surface area contributed by atoms with Gasteiger partial charge in [-0.2, -0.15) is 0 Å². The van der Waals surface area contributed by atoms with E-state index in [4.69, 9.17) is 4.74 Å². The fraction of sp³-hybridized carbons (Fsp3) is 0.357. The molecule has 1 aromatic heterocycles. The van der Waals surface area contributed by atoms with Crippen molar-refractivity contribution >= 4 is 16.9 Å². The van der Waals surface area contributed by atoms with Crippen molar-refractivity contribution in [3.63, 3.8) is 0 Å². The molecular weight excluding hydrogens is 214 g/mol. The molecule has 1 N–H and O–H groups in total. The average Bonchev–Trinajstić information content (AvgIpc) is 2.71. The first-order valence-electron chi connectivity index (χ1n) is 5.78. The van der Waals surface area contributed by atoms with E-state index in [0.29, 0.717) is 12.3 Å². The first-order chi connectivity index (χ1) is 8.11. The van der Waals surface area contributed by atoms with Crippen LogP contribution in [0.1, 0.15) is 30.9 Å². The van der Waals surface area contributed by atoms with Gasteiger partial charge in [0.25, 0.3) is 0 Å². The molecule has 0 radical (unpaired) electrons. The minimum atomic E-state index is -0.208. The lowest BCUT2D eigenvalue weighted by molar-refractivity contribution is -0.139. The van der Waals surface area contributed by atoms with Crippen LogP contribution in [-0.4, -0.2) is 18.1 Å². The zero-order chi connectivity index (χ0) is 12.4. The Labute approximate surface area is 101 Å². The maximum Gasteiger partial charge on any atom is 0.310 e. The van der Waals surface area contributed by atoms with Crippen LogP contribution < -0.4 is 0 Å². The highest BCUT2D eigenvalue weighted by Crippen LogP contribution is 2.24. The standard InChI is InChI=1S/C14H17NO2/c1-9(2)10-4-5-13-12(6-10)11(8-15-13)7-14(16)17-3/h4-6,8-9,15H,7H2,1-3H3. The number of fused-ring (bicyclic) bond motifs is 1. The Hall–Kier alpha value is -1.77. The maximum absolute atomic E-state index is 11.3. The predicted octanol–water partition coefficient (Wildman–Crippen LogP) is 3.01. The molecule has 0 saturated carbocycles. The normalized spacial score (nSPS) is 11.1. The number of benzene rings is 1. The van der Waals surface area contributed by atoms with E-state index in [1.807, 2.05) is 6.20 Å². The third-order valence-electron chi connectivity index (χ3n) is 3.02. The lowest BCUT2D eigenvalue weighted by Gasteiger charge is -2.05. The maximum atomic E-state index is 11.3. The van der Waals surface area contributed by atoms with Crippen LogP contribution in [-0.2, 0) is 16.0 Å². The number of nitrogens with one attached hydrogen (secondary N) is 1. The van der Waals surface area contributed by atoms with Crippen molar-refractivity contribution in [1.82, 2.24) is 4.98 Å². The molecule has 1 heterocycles. The van der Waals surface area contributed by atoms with Crippen molar-refractivity contribution < 1.29 is 9.53 Å². The summed E-state index contributed by atoms with van der Waals surface area (Å²) in [4.78, 5) is 14.5. The fourth-order valence-corrected chi connectivity index (χ4v) is 1.93. The van der Waals surface area contributed by atoms with Gasteiger partial charge in [0, 0.05) is 17.1 Å². The Morgan fingerprint density at radius 2 is 2.18 bits per heavy atom. The summed E-state index contributed by atoms with van der Waals surface area (Å²) in [6, 6.07) is 6.33. The van der Waals surface area contributed by atoms with Crippen molar-refractivity contribution in [2.24, 2.45) is 0 Å². The number of aromatic amines is 1. The first-order valence-corrected chi connectivity index (χ1v) is 5.78. The average molecular weight is 231 g/mol. The molecule has 0 aliphatic carbocycles. The predicted molar refractivity (Wildman–Crippen MR) is 68.1 cm³/mol. The van der Waals surface area contributed by atoms with E-state index >= 15 is 0 Å². The van der Waals surface area contributed by atoms with Crippen LogP contribution in [0.3, 0.4) is 0 Å². The van der Waals surface area contributed by atoms with Gasteiger partial charge in [-0.3, -0.25) is 4.79 Å². The Balaban J connectivity index is 2.43. The van der Waals surface area contributed by atoms with Gasteiger partial charge in [-0.25, -0.2) is 0 Å². The van der Waals surface area contributed by atoms with Gasteiger partial charge in [0.05, 0.1) is 13.5 Å². The van der Waals surface area contributed by atoms with Gasteiger partial charge < -0.3 is 9.72 Å². The van der Waals surface area contributed by atoms with E-state index in [-0.39, 0.29) is 5.97 Å². The second-order valence-electron chi connectivity index (χ2n) is 4.53. The summed E-state index contributed by atoms with van der Waals surface area (Å²) >= 11 is 0. The quantitative estimate of drug-likeness (QED) is 0.825. The van der Waals surface area contributed by atoms with Crippen molar-refractivity contribution in [3.8, 4) is 0 Å². The van der Waals surface area contributed by atoms with Crippen LogP contribution in [0.15, 0.2) is 24.4 Å². The van der Waals surface area contributed by atoms with Gasteiger partial charge in [-0.05, 0) is 29.2 Å². The Kier molecular flexibility index (Phi) is 3.18. The number of rotatable bonds is 3. The highest BCUT2D eigenvalue weighted by atomic mass is 16.5. The Bertz CT molecular complexity index is 540. The molecule has 17 heavy (non-hydrogen) atoms. The van der Waals surface area contributed by atoms with E-state index in [1.54, 1.807) is 0 Å².